The van der Waals surface area contributed by atoms with Crippen molar-refractivity contribution in [1.82, 2.24) is 4.98 Å². The molecule has 2 heterocycles. The molecule has 0 aliphatic carbocycles. The first-order valence-electron chi connectivity index (χ1n) is 5.48. The number of aryl methyl sites for hydroxylation is 1. The summed E-state index contributed by atoms with van der Waals surface area (Å²) in [5, 5.41) is 9.00. The van der Waals surface area contributed by atoms with Crippen molar-refractivity contribution in [3.05, 3.63) is 35.7 Å². The number of nitriles is 1. The van der Waals surface area contributed by atoms with E-state index in [0.29, 0.717) is 16.7 Å². The predicted molar refractivity (Wildman–Crippen MR) is 61.9 cm³/mol. The number of nitrogens with zero attached hydrogens (tertiary/aromatic N) is 1. The Morgan fingerprint density at radius 3 is 2.74 bits per heavy atom. The molecule has 1 aliphatic heterocycles. The molecule has 0 saturated carbocycles. The number of aromatic amines is 1. The second kappa shape index (κ2) is 3.72. The number of H-pyrrole nitrogens is 1. The molecule has 0 unspecified atom stereocenters. The molecule has 0 amide bonds. The standard InChI is InChI=1S/C13H8F2N2O2/c1-7-2-9(10-6-17-5-8(10)4-16)12-11(3-7)18-13(14,15)19-12/h2-3,5-6,17H,1H3. The summed E-state index contributed by atoms with van der Waals surface area (Å²) in [7, 11) is 0. The number of fused-ring (bicyclic) bond motifs is 1. The van der Waals surface area contributed by atoms with E-state index >= 15 is 0 Å². The quantitative estimate of drug-likeness (QED) is 0.858. The van der Waals surface area contributed by atoms with Crippen molar-refractivity contribution in [2.45, 2.75) is 13.2 Å². The minimum atomic E-state index is -3.67. The van der Waals surface area contributed by atoms with Crippen LogP contribution in [0, 0.1) is 18.3 Å². The van der Waals surface area contributed by atoms with E-state index < -0.39 is 6.29 Å². The number of nitrogens with one attached hydrogen (secondary N) is 1. The van der Waals surface area contributed by atoms with E-state index in [-0.39, 0.29) is 11.5 Å². The summed E-state index contributed by atoms with van der Waals surface area (Å²) in [6.45, 7) is 1.75. The third kappa shape index (κ3) is 1.80. The zero-order valence-corrected chi connectivity index (χ0v) is 9.83. The number of hydrogen-bond acceptors (Lipinski definition) is 3. The van der Waals surface area contributed by atoms with Gasteiger partial charge in [0.2, 0.25) is 0 Å². The van der Waals surface area contributed by atoms with Crippen LogP contribution in [-0.4, -0.2) is 11.3 Å². The van der Waals surface area contributed by atoms with E-state index in [0.717, 1.165) is 5.56 Å². The molecule has 0 saturated heterocycles. The molecule has 0 bridgehead atoms. The van der Waals surface area contributed by atoms with Crippen molar-refractivity contribution < 1.29 is 18.3 Å². The van der Waals surface area contributed by atoms with Gasteiger partial charge in [-0.25, -0.2) is 0 Å². The Hall–Kier alpha value is -2.55. The molecule has 1 aromatic heterocycles. The Kier molecular flexibility index (Phi) is 2.26. The van der Waals surface area contributed by atoms with Crippen LogP contribution in [0.3, 0.4) is 0 Å². The second-order valence-corrected chi connectivity index (χ2v) is 4.20. The summed E-state index contributed by atoms with van der Waals surface area (Å²) in [6, 6.07) is 5.14. The highest BCUT2D eigenvalue weighted by atomic mass is 19.3. The van der Waals surface area contributed by atoms with Gasteiger partial charge in [0.25, 0.3) is 0 Å². The van der Waals surface area contributed by atoms with Gasteiger partial charge in [0.15, 0.2) is 11.5 Å². The topological polar surface area (TPSA) is 58.0 Å². The van der Waals surface area contributed by atoms with Crippen molar-refractivity contribution >= 4 is 0 Å². The molecule has 0 radical (unpaired) electrons. The van der Waals surface area contributed by atoms with E-state index in [2.05, 4.69) is 14.5 Å². The molecule has 3 rings (SSSR count). The van der Waals surface area contributed by atoms with Gasteiger partial charge < -0.3 is 14.5 Å². The Morgan fingerprint density at radius 2 is 2.00 bits per heavy atom. The molecule has 0 fully saturated rings. The first-order valence-corrected chi connectivity index (χ1v) is 5.48. The van der Waals surface area contributed by atoms with Crippen LogP contribution in [0.4, 0.5) is 8.78 Å². The van der Waals surface area contributed by atoms with Gasteiger partial charge in [-0.15, -0.1) is 8.78 Å². The lowest BCUT2D eigenvalue weighted by molar-refractivity contribution is -0.286. The zero-order chi connectivity index (χ0) is 13.6. The minimum absolute atomic E-state index is 0.0231. The molecule has 6 heteroatoms. The van der Waals surface area contributed by atoms with Crippen LogP contribution in [0.2, 0.25) is 0 Å². The smallest absolute Gasteiger partial charge is 0.395 e. The van der Waals surface area contributed by atoms with E-state index in [9.17, 15) is 8.78 Å². The highest BCUT2D eigenvalue weighted by molar-refractivity contribution is 5.79. The van der Waals surface area contributed by atoms with Crippen molar-refractivity contribution in [3.63, 3.8) is 0 Å². The van der Waals surface area contributed by atoms with Crippen LogP contribution in [0.5, 0.6) is 11.5 Å². The number of ether oxygens (including phenoxy) is 2. The van der Waals surface area contributed by atoms with Gasteiger partial charge in [0.05, 0.1) is 5.56 Å². The van der Waals surface area contributed by atoms with Crippen LogP contribution in [0.25, 0.3) is 11.1 Å². The maximum Gasteiger partial charge on any atom is 0.586 e. The number of halogens is 2. The maximum atomic E-state index is 13.2. The monoisotopic (exact) mass is 262 g/mol. The average molecular weight is 262 g/mol. The van der Waals surface area contributed by atoms with Crippen LogP contribution < -0.4 is 9.47 Å². The van der Waals surface area contributed by atoms with Gasteiger partial charge in [-0.1, -0.05) is 0 Å². The molecule has 1 aromatic carbocycles. The summed E-state index contributed by atoms with van der Waals surface area (Å²) < 4.78 is 35.3. The summed E-state index contributed by atoms with van der Waals surface area (Å²) in [5.74, 6) is -0.0724. The Balaban J connectivity index is 2.22. The van der Waals surface area contributed by atoms with Gasteiger partial charge in [0, 0.05) is 23.5 Å². The molecule has 1 N–H and O–H groups in total. The highest BCUT2D eigenvalue weighted by Gasteiger charge is 2.45. The lowest BCUT2D eigenvalue weighted by Gasteiger charge is -2.07. The molecule has 2 aromatic rings. The molecule has 0 spiro atoms. The van der Waals surface area contributed by atoms with Crippen molar-refractivity contribution in [1.29, 1.82) is 5.26 Å². The largest absolute Gasteiger partial charge is 0.586 e. The summed E-state index contributed by atoms with van der Waals surface area (Å²) >= 11 is 0. The van der Waals surface area contributed by atoms with Crippen LogP contribution >= 0.6 is 0 Å². The molecule has 1 aliphatic rings. The van der Waals surface area contributed by atoms with E-state index in [1.54, 1.807) is 19.2 Å². The van der Waals surface area contributed by atoms with E-state index in [4.69, 9.17) is 5.26 Å². The van der Waals surface area contributed by atoms with Crippen LogP contribution in [-0.2, 0) is 0 Å². The molecular weight excluding hydrogens is 254 g/mol. The zero-order valence-electron chi connectivity index (χ0n) is 9.83. The number of hydrogen-bond donors (Lipinski definition) is 1. The Morgan fingerprint density at radius 1 is 1.21 bits per heavy atom. The Labute approximate surface area is 107 Å². The fourth-order valence-electron chi connectivity index (χ4n) is 2.07. The third-order valence-electron chi connectivity index (χ3n) is 2.80. The van der Waals surface area contributed by atoms with Crippen molar-refractivity contribution in [2.24, 2.45) is 0 Å². The summed E-state index contributed by atoms with van der Waals surface area (Å²) in [4.78, 5) is 2.77. The minimum Gasteiger partial charge on any atom is -0.395 e. The number of rotatable bonds is 1. The van der Waals surface area contributed by atoms with E-state index in [1.165, 1.54) is 12.3 Å². The summed E-state index contributed by atoms with van der Waals surface area (Å²) in [6.07, 6.45) is -0.612. The molecule has 0 atom stereocenters. The SMILES string of the molecule is Cc1cc2c(c(-c3c[nH]cc3C#N)c1)OC(F)(F)O2. The number of alkyl halides is 2. The summed E-state index contributed by atoms with van der Waals surface area (Å²) in [5.41, 5.74) is 2.00. The molecule has 96 valence electrons. The fourth-order valence-corrected chi connectivity index (χ4v) is 2.07. The first-order chi connectivity index (χ1) is 9.00. The molecular formula is C13H8F2N2O2. The highest BCUT2D eigenvalue weighted by Crippen LogP contribution is 2.48. The van der Waals surface area contributed by atoms with Crippen LogP contribution in [0.15, 0.2) is 24.5 Å². The second-order valence-electron chi connectivity index (χ2n) is 4.20. The normalized spacial score (nSPS) is 15.3. The molecule has 19 heavy (non-hydrogen) atoms. The Bertz CT molecular complexity index is 701. The number of aromatic nitrogens is 1. The lowest BCUT2D eigenvalue weighted by atomic mass is 10.0. The number of benzene rings is 1. The maximum absolute atomic E-state index is 13.2. The van der Waals surface area contributed by atoms with Crippen molar-refractivity contribution in [3.8, 4) is 28.7 Å². The van der Waals surface area contributed by atoms with Gasteiger partial charge >= 0.3 is 6.29 Å². The molecule has 4 nitrogen and oxygen atoms in total. The van der Waals surface area contributed by atoms with Gasteiger partial charge in [-0.05, 0) is 24.6 Å². The van der Waals surface area contributed by atoms with Gasteiger partial charge in [-0.3, -0.25) is 0 Å². The average Bonchev–Trinajstić information content (AvgIpc) is 2.89. The first kappa shape index (κ1) is 11.5. The predicted octanol–water partition coefficient (Wildman–Crippen LogP) is 3.18. The van der Waals surface area contributed by atoms with Gasteiger partial charge in [0.1, 0.15) is 6.07 Å². The van der Waals surface area contributed by atoms with Gasteiger partial charge in [-0.2, -0.15) is 5.26 Å². The lowest BCUT2D eigenvalue weighted by Crippen LogP contribution is -2.26. The van der Waals surface area contributed by atoms with Crippen molar-refractivity contribution in [2.75, 3.05) is 0 Å². The van der Waals surface area contributed by atoms with E-state index in [1.807, 2.05) is 6.07 Å². The third-order valence-corrected chi connectivity index (χ3v) is 2.80. The fraction of sp³-hybridized carbons (Fsp3) is 0.154. The van der Waals surface area contributed by atoms with Crippen LogP contribution in [0.1, 0.15) is 11.1 Å².